The topological polar surface area (TPSA) is 78.0 Å². The van der Waals surface area contributed by atoms with Crippen LogP contribution in [0.5, 0.6) is 5.75 Å². The summed E-state index contributed by atoms with van der Waals surface area (Å²) in [6, 6.07) is 15.8. The molecule has 2 aliphatic rings. The van der Waals surface area contributed by atoms with Gasteiger partial charge < -0.3 is 25.6 Å². The van der Waals surface area contributed by atoms with Crippen LogP contribution in [0.2, 0.25) is 0 Å². The molecule has 0 saturated carbocycles. The van der Waals surface area contributed by atoms with Gasteiger partial charge in [0, 0.05) is 13.1 Å². The van der Waals surface area contributed by atoms with Crippen molar-refractivity contribution in [1.82, 2.24) is 10.2 Å². The smallest absolute Gasteiger partial charge is 0.317 e. The van der Waals surface area contributed by atoms with Crippen LogP contribution in [0.15, 0.2) is 53.5 Å². The number of likely N-dealkylation sites (tertiary alicyclic amines) is 1. The van der Waals surface area contributed by atoms with Crippen molar-refractivity contribution >= 4 is 23.2 Å². The third-order valence-corrected chi connectivity index (χ3v) is 5.81. The summed E-state index contributed by atoms with van der Waals surface area (Å²) in [5.41, 5.74) is 2.39. The minimum atomic E-state index is -0.437. The van der Waals surface area contributed by atoms with Crippen LogP contribution in [-0.2, 0) is 6.54 Å². The molecule has 170 valence electrons. The average molecular weight is 436 g/mol. The molecule has 2 amide bonds. The fourth-order valence-electron chi connectivity index (χ4n) is 4.33. The van der Waals surface area contributed by atoms with Gasteiger partial charge >= 0.3 is 6.03 Å². The van der Waals surface area contributed by atoms with E-state index in [1.54, 1.807) is 7.11 Å². The SMILES string of the molecule is COc1cccc(CNC(=O)N2CCC[C@]3(C2)Nc2ccccc2NC3=NC(C)(C)C)c1. The molecule has 2 aromatic carbocycles. The molecule has 1 saturated heterocycles. The lowest BCUT2D eigenvalue weighted by atomic mass is 9.85. The highest BCUT2D eigenvalue weighted by molar-refractivity contribution is 6.10. The van der Waals surface area contributed by atoms with Gasteiger partial charge in [-0.1, -0.05) is 24.3 Å². The Balaban J connectivity index is 1.53. The largest absolute Gasteiger partial charge is 0.497 e. The third-order valence-electron chi connectivity index (χ3n) is 5.81. The van der Waals surface area contributed by atoms with Gasteiger partial charge in [0.15, 0.2) is 0 Å². The first kappa shape index (κ1) is 22.0. The summed E-state index contributed by atoms with van der Waals surface area (Å²) in [4.78, 5) is 20.0. The number of rotatable bonds is 3. The van der Waals surface area contributed by atoms with E-state index in [1.165, 1.54) is 0 Å². The summed E-state index contributed by atoms with van der Waals surface area (Å²) < 4.78 is 5.28. The van der Waals surface area contributed by atoms with Gasteiger partial charge in [-0.3, -0.25) is 4.99 Å². The number of carbonyl (C=O) groups is 1. The Bertz CT molecular complexity index is 1010. The summed E-state index contributed by atoms with van der Waals surface area (Å²) in [5, 5.41) is 10.4. The summed E-state index contributed by atoms with van der Waals surface area (Å²) in [5.74, 6) is 1.68. The minimum Gasteiger partial charge on any atom is -0.497 e. The second kappa shape index (κ2) is 8.73. The first-order valence-corrected chi connectivity index (χ1v) is 11.2. The van der Waals surface area contributed by atoms with Gasteiger partial charge in [-0.2, -0.15) is 0 Å². The molecule has 1 atom stereocenters. The van der Waals surface area contributed by atoms with E-state index in [2.05, 4.69) is 48.9 Å². The number of benzene rings is 2. The second-order valence-corrected chi connectivity index (χ2v) is 9.54. The molecule has 0 radical (unpaired) electrons. The number of para-hydroxylation sites is 2. The van der Waals surface area contributed by atoms with Gasteiger partial charge in [0.2, 0.25) is 0 Å². The molecular formula is C25H33N5O2. The number of nitrogens with zero attached hydrogens (tertiary/aromatic N) is 2. The minimum absolute atomic E-state index is 0.0670. The molecular weight excluding hydrogens is 402 g/mol. The number of hydrogen-bond donors (Lipinski definition) is 3. The Morgan fingerprint density at radius 1 is 1.19 bits per heavy atom. The van der Waals surface area contributed by atoms with Gasteiger partial charge in [0.1, 0.15) is 17.1 Å². The third kappa shape index (κ3) is 4.82. The van der Waals surface area contributed by atoms with E-state index < -0.39 is 5.54 Å². The van der Waals surface area contributed by atoms with Crippen molar-refractivity contribution in [2.75, 3.05) is 30.8 Å². The monoisotopic (exact) mass is 435 g/mol. The number of nitrogens with one attached hydrogen (secondary N) is 3. The summed E-state index contributed by atoms with van der Waals surface area (Å²) in [7, 11) is 1.64. The fraction of sp³-hybridized carbons (Fsp3) is 0.440. The van der Waals surface area contributed by atoms with Gasteiger partial charge in [-0.25, -0.2) is 4.79 Å². The molecule has 0 aliphatic carbocycles. The maximum atomic E-state index is 13.1. The number of hydrogen-bond acceptors (Lipinski definition) is 4. The van der Waals surface area contributed by atoms with Crippen LogP contribution >= 0.6 is 0 Å². The second-order valence-electron chi connectivity index (χ2n) is 9.54. The molecule has 0 aromatic heterocycles. The van der Waals surface area contributed by atoms with Crippen molar-refractivity contribution in [3.05, 3.63) is 54.1 Å². The Hall–Kier alpha value is -3.22. The van der Waals surface area contributed by atoms with Gasteiger partial charge in [0.25, 0.3) is 0 Å². The molecule has 0 bridgehead atoms. The zero-order valence-corrected chi connectivity index (χ0v) is 19.4. The van der Waals surface area contributed by atoms with Crippen LogP contribution in [0.3, 0.4) is 0 Å². The van der Waals surface area contributed by atoms with Gasteiger partial charge in [-0.15, -0.1) is 0 Å². The van der Waals surface area contributed by atoms with Crippen molar-refractivity contribution in [1.29, 1.82) is 0 Å². The molecule has 2 heterocycles. The molecule has 0 unspecified atom stereocenters. The van der Waals surface area contributed by atoms with Crippen LogP contribution in [0.4, 0.5) is 16.2 Å². The molecule has 1 fully saturated rings. The summed E-state index contributed by atoms with van der Waals surface area (Å²) in [6.45, 7) is 8.01. The van der Waals surface area contributed by atoms with E-state index in [-0.39, 0.29) is 11.6 Å². The number of urea groups is 1. The molecule has 7 nitrogen and oxygen atoms in total. The Kier molecular flexibility index (Phi) is 6.00. The molecule has 1 spiro atoms. The molecule has 4 rings (SSSR count). The number of methoxy groups -OCH3 is 1. The highest BCUT2D eigenvalue weighted by Gasteiger charge is 2.45. The van der Waals surface area contributed by atoms with Gasteiger partial charge in [-0.05, 0) is 63.4 Å². The number of fused-ring (bicyclic) bond motifs is 1. The first-order chi connectivity index (χ1) is 15.3. The number of anilines is 2. The quantitative estimate of drug-likeness (QED) is 0.665. The number of amidine groups is 1. The predicted octanol–water partition coefficient (Wildman–Crippen LogP) is 4.47. The Labute approximate surface area is 190 Å². The highest BCUT2D eigenvalue weighted by atomic mass is 16.5. The molecule has 3 N–H and O–H groups in total. The maximum Gasteiger partial charge on any atom is 0.317 e. The normalized spacial score (nSPS) is 21.5. The molecule has 2 aliphatic heterocycles. The number of ether oxygens (including phenoxy) is 1. The van der Waals surface area contributed by atoms with Crippen molar-refractivity contribution < 1.29 is 9.53 Å². The van der Waals surface area contributed by atoms with Gasteiger partial charge in [0.05, 0.1) is 30.6 Å². The zero-order chi connectivity index (χ0) is 22.8. The lowest BCUT2D eigenvalue weighted by molar-refractivity contribution is 0.173. The standard InChI is InChI=1S/C25H33N5O2/c1-24(2,3)29-22-25(28-21-12-6-5-11-20(21)27-22)13-8-14-30(17-25)23(31)26-16-18-9-7-10-19(15-18)32-4/h5-7,9-12,15,28H,8,13-14,16-17H2,1-4H3,(H,26,31)(H,27,29)/t25-/m1/s1. The van der Waals surface area contributed by atoms with E-state index in [0.29, 0.717) is 13.1 Å². The Morgan fingerprint density at radius 3 is 2.72 bits per heavy atom. The molecule has 32 heavy (non-hydrogen) atoms. The zero-order valence-electron chi connectivity index (χ0n) is 19.4. The van der Waals surface area contributed by atoms with Crippen LogP contribution < -0.4 is 20.7 Å². The highest BCUT2D eigenvalue weighted by Crippen LogP contribution is 2.37. The number of aliphatic imine (C=N–C) groups is 1. The van der Waals surface area contributed by atoms with E-state index in [1.807, 2.05) is 41.3 Å². The predicted molar refractivity (Wildman–Crippen MR) is 130 cm³/mol. The van der Waals surface area contributed by atoms with Crippen LogP contribution in [-0.4, -0.2) is 48.0 Å². The number of piperidine rings is 1. The van der Waals surface area contributed by atoms with Crippen LogP contribution in [0.1, 0.15) is 39.2 Å². The van der Waals surface area contributed by atoms with Crippen LogP contribution in [0.25, 0.3) is 0 Å². The average Bonchev–Trinajstić information content (AvgIpc) is 2.77. The van der Waals surface area contributed by atoms with E-state index in [4.69, 9.17) is 9.73 Å². The van der Waals surface area contributed by atoms with E-state index >= 15 is 0 Å². The van der Waals surface area contributed by atoms with Crippen LogP contribution in [0, 0.1) is 0 Å². The van der Waals surface area contributed by atoms with Crippen molar-refractivity contribution in [2.24, 2.45) is 4.99 Å². The lowest BCUT2D eigenvalue weighted by Crippen LogP contribution is -2.63. The summed E-state index contributed by atoms with van der Waals surface area (Å²) in [6.07, 6.45) is 1.80. The Morgan fingerprint density at radius 2 is 1.97 bits per heavy atom. The number of amides is 2. The maximum absolute atomic E-state index is 13.1. The summed E-state index contributed by atoms with van der Waals surface area (Å²) >= 11 is 0. The number of carbonyl (C=O) groups excluding carboxylic acids is 1. The van der Waals surface area contributed by atoms with Crippen molar-refractivity contribution in [3.63, 3.8) is 0 Å². The van der Waals surface area contributed by atoms with E-state index in [9.17, 15) is 4.79 Å². The fourth-order valence-corrected chi connectivity index (χ4v) is 4.33. The van der Waals surface area contributed by atoms with Crippen molar-refractivity contribution in [3.8, 4) is 5.75 Å². The molecule has 2 aromatic rings. The first-order valence-electron chi connectivity index (χ1n) is 11.2. The molecule has 7 heteroatoms. The van der Waals surface area contributed by atoms with E-state index in [0.717, 1.165) is 47.9 Å². The van der Waals surface area contributed by atoms with Crippen molar-refractivity contribution in [2.45, 2.75) is 51.2 Å². The lowest BCUT2D eigenvalue weighted by Gasteiger charge is -2.47.